The monoisotopic (exact) mass is 487 g/mol. The van der Waals surface area contributed by atoms with Crippen molar-refractivity contribution in [3.8, 4) is 17.2 Å². The molecule has 1 atom stereocenters. The van der Waals surface area contributed by atoms with E-state index in [2.05, 4.69) is 0 Å². The van der Waals surface area contributed by atoms with Crippen LogP contribution in [0.1, 0.15) is 30.5 Å². The predicted molar refractivity (Wildman–Crippen MR) is 136 cm³/mol. The third-order valence-electron chi connectivity index (χ3n) is 5.88. The SMILES string of the molecule is CCOc1ccc(C(O)=C2C(=O)C(=O)N(CCCOC)[C@H]2c2cccc(Oc3ccccc3)c2)cc1. The summed E-state index contributed by atoms with van der Waals surface area (Å²) in [7, 11) is 1.59. The van der Waals surface area contributed by atoms with Crippen LogP contribution in [-0.2, 0) is 14.3 Å². The average Bonchev–Trinajstić information content (AvgIpc) is 3.15. The quantitative estimate of drug-likeness (QED) is 0.180. The lowest BCUT2D eigenvalue weighted by molar-refractivity contribution is -0.140. The van der Waals surface area contributed by atoms with Crippen molar-refractivity contribution in [2.24, 2.45) is 0 Å². The molecule has 0 bridgehead atoms. The van der Waals surface area contributed by atoms with Crippen LogP contribution in [0, 0.1) is 0 Å². The maximum atomic E-state index is 13.2. The van der Waals surface area contributed by atoms with Gasteiger partial charge in [-0.1, -0.05) is 30.3 Å². The standard InChI is InChI=1S/C29H29NO6/c1-3-35-22-15-13-20(14-16-22)27(31)25-26(30(17-8-18-34-2)29(33)28(25)32)21-9-7-12-24(19-21)36-23-10-5-4-6-11-23/h4-7,9-16,19,26,31H,3,8,17-18H2,1-2H3/t26-/m0/s1. The van der Waals surface area contributed by atoms with Crippen molar-refractivity contribution >= 4 is 17.4 Å². The number of rotatable bonds is 10. The summed E-state index contributed by atoms with van der Waals surface area (Å²) in [5, 5.41) is 11.2. The molecule has 1 amide bonds. The minimum atomic E-state index is -0.771. The number of aliphatic hydroxyl groups is 1. The zero-order valence-electron chi connectivity index (χ0n) is 20.3. The zero-order valence-corrected chi connectivity index (χ0v) is 20.3. The van der Waals surface area contributed by atoms with Crippen LogP contribution in [0.3, 0.4) is 0 Å². The molecule has 186 valence electrons. The van der Waals surface area contributed by atoms with Crippen molar-refractivity contribution in [2.75, 3.05) is 26.9 Å². The highest BCUT2D eigenvalue weighted by atomic mass is 16.5. The van der Waals surface area contributed by atoms with E-state index in [-0.39, 0.29) is 11.3 Å². The summed E-state index contributed by atoms with van der Waals surface area (Å²) in [6.07, 6.45) is 0.545. The Labute approximate surface area is 210 Å². The van der Waals surface area contributed by atoms with Gasteiger partial charge in [-0.15, -0.1) is 0 Å². The molecule has 1 saturated heterocycles. The molecule has 1 N–H and O–H groups in total. The van der Waals surface area contributed by atoms with Crippen molar-refractivity contribution in [1.82, 2.24) is 4.90 Å². The summed E-state index contributed by atoms with van der Waals surface area (Å²) in [4.78, 5) is 27.8. The van der Waals surface area contributed by atoms with E-state index in [0.29, 0.717) is 54.6 Å². The summed E-state index contributed by atoms with van der Waals surface area (Å²) < 4.78 is 16.6. The molecule has 7 nitrogen and oxygen atoms in total. The lowest BCUT2D eigenvalue weighted by Crippen LogP contribution is -2.31. The Bertz CT molecular complexity index is 1240. The van der Waals surface area contributed by atoms with Crippen LogP contribution >= 0.6 is 0 Å². The number of carbonyl (C=O) groups is 2. The van der Waals surface area contributed by atoms with Crippen molar-refractivity contribution in [3.05, 3.63) is 95.6 Å². The first-order valence-electron chi connectivity index (χ1n) is 11.9. The molecule has 1 aliphatic heterocycles. The van der Waals surface area contributed by atoms with E-state index in [0.717, 1.165) is 0 Å². The molecule has 0 saturated carbocycles. The van der Waals surface area contributed by atoms with Gasteiger partial charge in [0.2, 0.25) is 0 Å². The van der Waals surface area contributed by atoms with Gasteiger partial charge in [-0.2, -0.15) is 0 Å². The number of hydrogen-bond donors (Lipinski definition) is 1. The number of ketones is 1. The highest BCUT2D eigenvalue weighted by molar-refractivity contribution is 6.46. The second kappa shape index (κ2) is 11.6. The molecule has 1 aliphatic rings. The fourth-order valence-corrected chi connectivity index (χ4v) is 4.24. The Kier molecular flexibility index (Phi) is 8.02. The molecular weight excluding hydrogens is 458 g/mol. The summed E-state index contributed by atoms with van der Waals surface area (Å²) in [6.45, 7) is 3.13. The van der Waals surface area contributed by atoms with E-state index in [1.165, 1.54) is 4.90 Å². The summed E-state index contributed by atoms with van der Waals surface area (Å²) in [5.74, 6) is 0.262. The van der Waals surface area contributed by atoms with E-state index in [1.54, 1.807) is 49.6 Å². The number of likely N-dealkylation sites (tertiary alicyclic amines) is 1. The van der Waals surface area contributed by atoms with E-state index in [4.69, 9.17) is 14.2 Å². The molecule has 0 aliphatic carbocycles. The lowest BCUT2D eigenvalue weighted by atomic mass is 9.95. The van der Waals surface area contributed by atoms with Crippen molar-refractivity contribution in [2.45, 2.75) is 19.4 Å². The molecule has 0 unspecified atom stereocenters. The van der Waals surface area contributed by atoms with Gasteiger partial charge in [0.1, 0.15) is 23.0 Å². The van der Waals surface area contributed by atoms with Gasteiger partial charge in [-0.25, -0.2) is 0 Å². The minimum Gasteiger partial charge on any atom is -0.507 e. The van der Waals surface area contributed by atoms with E-state index in [9.17, 15) is 14.7 Å². The first-order valence-corrected chi connectivity index (χ1v) is 11.9. The second-order valence-corrected chi connectivity index (χ2v) is 8.28. The first-order chi connectivity index (χ1) is 17.5. The molecule has 36 heavy (non-hydrogen) atoms. The molecule has 1 fully saturated rings. The largest absolute Gasteiger partial charge is 0.507 e. The zero-order chi connectivity index (χ0) is 25.5. The molecule has 3 aromatic rings. The molecule has 0 radical (unpaired) electrons. The molecule has 1 heterocycles. The number of carbonyl (C=O) groups excluding carboxylic acids is 2. The number of Topliss-reactive ketones (excluding diaryl/α,β-unsaturated/α-hetero) is 1. The molecular formula is C29H29NO6. The van der Waals surface area contributed by atoms with Crippen LogP contribution < -0.4 is 9.47 Å². The predicted octanol–water partition coefficient (Wildman–Crippen LogP) is 5.34. The number of benzene rings is 3. The van der Waals surface area contributed by atoms with Crippen LogP contribution in [0.2, 0.25) is 0 Å². The fraction of sp³-hybridized carbons (Fsp3) is 0.241. The van der Waals surface area contributed by atoms with Crippen LogP contribution in [-0.4, -0.2) is 48.6 Å². The highest BCUT2D eigenvalue weighted by Crippen LogP contribution is 2.40. The van der Waals surface area contributed by atoms with Gasteiger partial charge in [-0.05, 0) is 67.4 Å². The summed E-state index contributed by atoms with van der Waals surface area (Å²) in [6, 6.07) is 22.6. The molecule has 0 aromatic heterocycles. The third kappa shape index (κ3) is 5.42. The van der Waals surface area contributed by atoms with Crippen LogP contribution in [0.15, 0.2) is 84.4 Å². The van der Waals surface area contributed by atoms with Crippen molar-refractivity contribution in [1.29, 1.82) is 0 Å². The Morgan fingerprint density at radius 3 is 2.33 bits per heavy atom. The topological polar surface area (TPSA) is 85.3 Å². The minimum absolute atomic E-state index is 0.0402. The summed E-state index contributed by atoms with van der Waals surface area (Å²) in [5.41, 5.74) is 1.13. The molecule has 7 heteroatoms. The van der Waals surface area contributed by atoms with Gasteiger partial charge in [0.05, 0.1) is 18.2 Å². The number of para-hydroxylation sites is 1. The van der Waals surface area contributed by atoms with E-state index >= 15 is 0 Å². The Morgan fingerprint density at radius 2 is 1.64 bits per heavy atom. The van der Waals surface area contributed by atoms with Gasteiger partial charge in [-0.3, -0.25) is 9.59 Å². The normalized spacial score (nSPS) is 16.8. The number of amides is 1. The fourth-order valence-electron chi connectivity index (χ4n) is 4.24. The van der Waals surface area contributed by atoms with Gasteiger partial charge < -0.3 is 24.2 Å². The highest BCUT2D eigenvalue weighted by Gasteiger charge is 2.45. The smallest absolute Gasteiger partial charge is 0.295 e. The van der Waals surface area contributed by atoms with Gasteiger partial charge in [0, 0.05) is 25.8 Å². The first kappa shape index (κ1) is 25.0. The second-order valence-electron chi connectivity index (χ2n) is 8.28. The average molecular weight is 488 g/mol. The molecule has 3 aromatic carbocycles. The number of methoxy groups -OCH3 is 1. The Morgan fingerprint density at radius 1 is 0.917 bits per heavy atom. The summed E-state index contributed by atoms with van der Waals surface area (Å²) >= 11 is 0. The van der Waals surface area contributed by atoms with Gasteiger partial charge in [0.25, 0.3) is 11.7 Å². The van der Waals surface area contributed by atoms with Gasteiger partial charge >= 0.3 is 0 Å². The number of nitrogens with zero attached hydrogens (tertiary/aromatic N) is 1. The van der Waals surface area contributed by atoms with E-state index < -0.39 is 17.7 Å². The lowest BCUT2D eigenvalue weighted by Gasteiger charge is -2.25. The molecule has 0 spiro atoms. The van der Waals surface area contributed by atoms with Crippen LogP contribution in [0.5, 0.6) is 17.2 Å². The third-order valence-corrected chi connectivity index (χ3v) is 5.88. The maximum Gasteiger partial charge on any atom is 0.295 e. The Hall–Kier alpha value is -4.10. The van der Waals surface area contributed by atoms with Crippen LogP contribution in [0.4, 0.5) is 0 Å². The maximum absolute atomic E-state index is 13.2. The number of ether oxygens (including phenoxy) is 3. The molecule has 4 rings (SSSR count). The Balaban J connectivity index is 1.76. The van der Waals surface area contributed by atoms with Crippen molar-refractivity contribution < 1.29 is 28.9 Å². The van der Waals surface area contributed by atoms with Gasteiger partial charge in [0.15, 0.2) is 0 Å². The number of hydrogen-bond acceptors (Lipinski definition) is 6. The van der Waals surface area contributed by atoms with E-state index in [1.807, 2.05) is 43.3 Å². The number of aliphatic hydroxyl groups excluding tert-OH is 1. The van der Waals surface area contributed by atoms with Crippen molar-refractivity contribution in [3.63, 3.8) is 0 Å². The van der Waals surface area contributed by atoms with Crippen LogP contribution in [0.25, 0.3) is 5.76 Å².